The van der Waals surface area contributed by atoms with Gasteiger partial charge in [-0.1, -0.05) is 0 Å². The Morgan fingerprint density at radius 1 is 1.27 bits per heavy atom. The second-order valence-electron chi connectivity index (χ2n) is 4.83. The van der Waals surface area contributed by atoms with Crippen molar-refractivity contribution < 1.29 is 5.11 Å². The number of nitrogens with zero attached hydrogens (tertiary/aromatic N) is 2. The van der Waals surface area contributed by atoms with Crippen LogP contribution in [0.2, 0.25) is 0 Å². The number of hydrogen-bond acceptors (Lipinski definition) is 4. The maximum absolute atomic E-state index is 9.49. The number of aliphatic hydroxyl groups excluding tert-OH is 1. The maximum Gasteiger partial charge on any atom is 0.0789 e. The van der Waals surface area contributed by atoms with Crippen molar-refractivity contribution in [3.63, 3.8) is 0 Å². The fourth-order valence-electron chi connectivity index (χ4n) is 2.76. The minimum absolute atomic E-state index is 0.345. The van der Waals surface area contributed by atoms with Crippen LogP contribution < -0.4 is 5.73 Å². The van der Waals surface area contributed by atoms with Gasteiger partial charge in [-0.3, -0.25) is 9.80 Å². The summed E-state index contributed by atoms with van der Waals surface area (Å²) in [5.74, 6) is 0. The smallest absolute Gasteiger partial charge is 0.0789 e. The normalized spacial score (nSPS) is 31.2. The highest BCUT2D eigenvalue weighted by Gasteiger charge is 2.29. The topological polar surface area (TPSA) is 52.7 Å². The minimum Gasteiger partial charge on any atom is -0.390 e. The third-order valence-corrected chi connectivity index (χ3v) is 3.65. The molecule has 2 heterocycles. The SMILES string of the molecule is NCC(O)CN1CCC(N2CCCC2)C1. The van der Waals surface area contributed by atoms with Crippen molar-refractivity contribution in [2.24, 2.45) is 5.73 Å². The molecule has 0 aromatic rings. The summed E-state index contributed by atoms with van der Waals surface area (Å²) in [6.07, 6.45) is 3.64. The van der Waals surface area contributed by atoms with Gasteiger partial charge in [0.2, 0.25) is 0 Å². The summed E-state index contributed by atoms with van der Waals surface area (Å²) in [6, 6.07) is 0.734. The van der Waals surface area contributed by atoms with Crippen LogP contribution in [0.4, 0.5) is 0 Å². The first-order valence-electron chi connectivity index (χ1n) is 6.14. The molecule has 4 heteroatoms. The zero-order valence-corrected chi connectivity index (χ0v) is 9.44. The zero-order chi connectivity index (χ0) is 10.7. The summed E-state index contributed by atoms with van der Waals surface area (Å²) < 4.78 is 0. The van der Waals surface area contributed by atoms with Gasteiger partial charge in [-0.25, -0.2) is 0 Å². The van der Waals surface area contributed by atoms with E-state index in [0.29, 0.717) is 6.54 Å². The standard InChI is InChI=1S/C11H23N3O/c12-7-11(15)9-13-6-3-10(8-13)14-4-1-2-5-14/h10-11,15H,1-9,12H2. The van der Waals surface area contributed by atoms with Crippen molar-refractivity contribution in [1.82, 2.24) is 9.80 Å². The Bertz CT molecular complexity index is 194. The average Bonchev–Trinajstić information content (AvgIpc) is 2.85. The van der Waals surface area contributed by atoms with Crippen LogP contribution in [-0.4, -0.2) is 66.3 Å². The molecule has 2 rings (SSSR count). The van der Waals surface area contributed by atoms with Crippen LogP contribution >= 0.6 is 0 Å². The molecule has 2 atom stereocenters. The molecule has 0 spiro atoms. The van der Waals surface area contributed by atoms with Gasteiger partial charge in [-0.2, -0.15) is 0 Å². The van der Waals surface area contributed by atoms with Crippen LogP contribution in [0.25, 0.3) is 0 Å². The van der Waals surface area contributed by atoms with E-state index >= 15 is 0 Å². The second-order valence-corrected chi connectivity index (χ2v) is 4.83. The summed E-state index contributed by atoms with van der Waals surface area (Å²) in [5, 5.41) is 9.49. The Morgan fingerprint density at radius 3 is 2.67 bits per heavy atom. The highest BCUT2D eigenvalue weighted by atomic mass is 16.3. The second kappa shape index (κ2) is 5.25. The van der Waals surface area contributed by atoms with Gasteiger partial charge >= 0.3 is 0 Å². The molecule has 0 radical (unpaired) electrons. The van der Waals surface area contributed by atoms with Crippen LogP contribution in [0.15, 0.2) is 0 Å². The summed E-state index contributed by atoms with van der Waals surface area (Å²) in [4.78, 5) is 4.95. The molecule has 2 unspecified atom stereocenters. The van der Waals surface area contributed by atoms with Gasteiger partial charge in [0.05, 0.1) is 6.10 Å². The number of aliphatic hydroxyl groups is 1. The lowest BCUT2D eigenvalue weighted by atomic mass is 10.2. The lowest BCUT2D eigenvalue weighted by Crippen LogP contribution is -2.39. The fourth-order valence-corrected chi connectivity index (χ4v) is 2.76. The number of rotatable bonds is 4. The van der Waals surface area contributed by atoms with Crippen molar-refractivity contribution >= 4 is 0 Å². The summed E-state index contributed by atoms with van der Waals surface area (Å²) in [6.45, 7) is 5.93. The molecule has 2 saturated heterocycles. The van der Waals surface area contributed by atoms with E-state index in [0.717, 1.165) is 25.7 Å². The summed E-state index contributed by atoms with van der Waals surface area (Å²) in [7, 11) is 0. The van der Waals surface area contributed by atoms with Crippen molar-refractivity contribution in [2.75, 3.05) is 39.3 Å². The van der Waals surface area contributed by atoms with Crippen LogP contribution in [-0.2, 0) is 0 Å². The predicted octanol–water partition coefficient (Wildman–Crippen LogP) is -0.524. The maximum atomic E-state index is 9.49. The van der Waals surface area contributed by atoms with Crippen LogP contribution in [0.3, 0.4) is 0 Å². The molecular weight excluding hydrogens is 190 g/mol. The van der Waals surface area contributed by atoms with E-state index in [1.807, 2.05) is 0 Å². The van der Waals surface area contributed by atoms with Gasteiger partial charge in [0.25, 0.3) is 0 Å². The fraction of sp³-hybridized carbons (Fsp3) is 1.00. The lowest BCUT2D eigenvalue weighted by molar-refractivity contribution is 0.126. The van der Waals surface area contributed by atoms with E-state index in [4.69, 9.17) is 5.73 Å². The number of β-amino-alcohol motifs (C(OH)–C–C–N with tert-alkyl or cyclic N) is 1. The quantitative estimate of drug-likeness (QED) is 0.659. The Labute approximate surface area is 92.0 Å². The average molecular weight is 213 g/mol. The number of hydrogen-bond donors (Lipinski definition) is 2. The highest BCUT2D eigenvalue weighted by molar-refractivity contribution is 4.86. The van der Waals surface area contributed by atoms with E-state index in [-0.39, 0.29) is 6.10 Å². The molecule has 2 aliphatic heterocycles. The van der Waals surface area contributed by atoms with Crippen molar-refractivity contribution in [3.8, 4) is 0 Å². The first-order chi connectivity index (χ1) is 7.29. The van der Waals surface area contributed by atoms with Gasteiger partial charge in [0.15, 0.2) is 0 Å². The number of nitrogens with two attached hydrogens (primary N) is 1. The Hall–Kier alpha value is -0.160. The van der Waals surface area contributed by atoms with Crippen molar-refractivity contribution in [3.05, 3.63) is 0 Å². The summed E-state index contributed by atoms with van der Waals surface area (Å²) >= 11 is 0. The molecule has 0 aromatic carbocycles. The van der Waals surface area contributed by atoms with E-state index in [1.165, 1.54) is 32.4 Å². The van der Waals surface area contributed by atoms with E-state index < -0.39 is 0 Å². The van der Waals surface area contributed by atoms with Crippen LogP contribution in [0.1, 0.15) is 19.3 Å². The van der Waals surface area contributed by atoms with E-state index in [9.17, 15) is 5.11 Å². The molecule has 0 aliphatic carbocycles. The number of likely N-dealkylation sites (tertiary alicyclic amines) is 2. The molecule has 2 aliphatic rings. The molecule has 0 bridgehead atoms. The molecular formula is C11H23N3O. The Balaban J connectivity index is 1.74. The van der Waals surface area contributed by atoms with Gasteiger partial charge in [0.1, 0.15) is 0 Å². The predicted molar refractivity (Wildman–Crippen MR) is 60.7 cm³/mol. The Kier molecular flexibility index (Phi) is 3.97. The van der Waals surface area contributed by atoms with Gasteiger partial charge in [-0.15, -0.1) is 0 Å². The minimum atomic E-state index is -0.345. The molecule has 2 fully saturated rings. The van der Waals surface area contributed by atoms with E-state index in [2.05, 4.69) is 9.80 Å². The van der Waals surface area contributed by atoms with E-state index in [1.54, 1.807) is 0 Å². The third kappa shape index (κ3) is 2.91. The highest BCUT2D eigenvalue weighted by Crippen LogP contribution is 2.20. The molecule has 0 saturated carbocycles. The van der Waals surface area contributed by atoms with Crippen LogP contribution in [0.5, 0.6) is 0 Å². The van der Waals surface area contributed by atoms with Crippen LogP contribution in [0, 0.1) is 0 Å². The third-order valence-electron chi connectivity index (χ3n) is 3.65. The first kappa shape index (κ1) is 11.3. The Morgan fingerprint density at radius 2 is 2.00 bits per heavy atom. The lowest BCUT2D eigenvalue weighted by Gasteiger charge is -2.24. The van der Waals surface area contributed by atoms with Crippen molar-refractivity contribution in [1.29, 1.82) is 0 Å². The van der Waals surface area contributed by atoms with Crippen molar-refractivity contribution in [2.45, 2.75) is 31.4 Å². The molecule has 0 aromatic heterocycles. The molecule has 88 valence electrons. The zero-order valence-electron chi connectivity index (χ0n) is 9.44. The molecule has 4 nitrogen and oxygen atoms in total. The van der Waals surface area contributed by atoms with Gasteiger partial charge < -0.3 is 10.8 Å². The van der Waals surface area contributed by atoms with Gasteiger partial charge in [-0.05, 0) is 38.9 Å². The molecule has 3 N–H and O–H groups in total. The van der Waals surface area contributed by atoms with Gasteiger partial charge in [0, 0.05) is 25.7 Å². The summed E-state index contributed by atoms with van der Waals surface area (Å²) in [5.41, 5.74) is 5.42. The molecule has 0 amide bonds. The largest absolute Gasteiger partial charge is 0.390 e. The molecule has 15 heavy (non-hydrogen) atoms. The monoisotopic (exact) mass is 213 g/mol. The first-order valence-corrected chi connectivity index (χ1v) is 6.14.